The summed E-state index contributed by atoms with van der Waals surface area (Å²) in [7, 11) is 1.26. The average Bonchev–Trinajstić information content (AvgIpc) is 2.37. The average molecular weight is 279 g/mol. The quantitative estimate of drug-likeness (QED) is 0.768. The molecule has 2 aromatic rings. The minimum atomic E-state index is -0.563. The fraction of sp³-hybridized carbons (Fsp3) is 0.133. The molecular weight excluding hydrogens is 267 g/mol. The van der Waals surface area contributed by atoms with Gasteiger partial charge < -0.3 is 4.74 Å². The lowest BCUT2D eigenvalue weighted by Crippen LogP contribution is -2.02. The summed E-state index contributed by atoms with van der Waals surface area (Å²) in [4.78, 5) is 11.5. The van der Waals surface area contributed by atoms with E-state index in [1.807, 2.05) is 6.92 Å². The number of carbonyl (C=O) groups is 1. The first-order valence-electron chi connectivity index (χ1n) is 5.66. The number of ether oxygens (including phenoxy) is 1. The summed E-state index contributed by atoms with van der Waals surface area (Å²) >= 11 is 5.89. The molecule has 0 N–H and O–H groups in total. The van der Waals surface area contributed by atoms with Crippen LogP contribution in [0.4, 0.5) is 4.39 Å². The molecule has 0 saturated heterocycles. The van der Waals surface area contributed by atoms with Gasteiger partial charge in [-0.1, -0.05) is 17.7 Å². The zero-order valence-corrected chi connectivity index (χ0v) is 11.3. The van der Waals surface area contributed by atoms with Gasteiger partial charge in [0.05, 0.1) is 12.7 Å². The zero-order chi connectivity index (χ0) is 14.0. The van der Waals surface area contributed by atoms with Gasteiger partial charge in [-0.15, -0.1) is 0 Å². The van der Waals surface area contributed by atoms with Gasteiger partial charge in [-0.25, -0.2) is 9.18 Å². The third-order valence-electron chi connectivity index (χ3n) is 2.82. The van der Waals surface area contributed by atoms with Gasteiger partial charge in [-0.05, 0) is 53.9 Å². The van der Waals surface area contributed by atoms with Crippen LogP contribution in [-0.4, -0.2) is 13.1 Å². The van der Waals surface area contributed by atoms with E-state index in [2.05, 4.69) is 4.74 Å². The Balaban J connectivity index is 2.56. The Bertz CT molecular complexity index is 638. The van der Waals surface area contributed by atoms with Crippen LogP contribution in [-0.2, 0) is 4.74 Å². The SMILES string of the molecule is COC(=O)c1cc(F)cc(-c2ccc(Cl)cc2C)c1. The molecule has 0 aromatic heterocycles. The summed E-state index contributed by atoms with van der Waals surface area (Å²) in [6.07, 6.45) is 0. The summed E-state index contributed by atoms with van der Waals surface area (Å²) in [5.74, 6) is -1.04. The van der Waals surface area contributed by atoms with E-state index in [0.29, 0.717) is 10.6 Å². The maximum Gasteiger partial charge on any atom is 0.337 e. The van der Waals surface area contributed by atoms with E-state index < -0.39 is 11.8 Å². The van der Waals surface area contributed by atoms with Gasteiger partial charge in [0, 0.05) is 5.02 Å². The highest BCUT2D eigenvalue weighted by atomic mass is 35.5. The van der Waals surface area contributed by atoms with Crippen molar-refractivity contribution in [3.8, 4) is 11.1 Å². The van der Waals surface area contributed by atoms with Crippen LogP contribution in [0.15, 0.2) is 36.4 Å². The summed E-state index contributed by atoms with van der Waals surface area (Å²) < 4.78 is 18.2. The maximum absolute atomic E-state index is 13.6. The lowest BCUT2D eigenvalue weighted by molar-refractivity contribution is 0.0600. The van der Waals surface area contributed by atoms with E-state index in [9.17, 15) is 9.18 Å². The number of carbonyl (C=O) groups excluding carboxylic acids is 1. The number of rotatable bonds is 2. The van der Waals surface area contributed by atoms with E-state index in [-0.39, 0.29) is 5.56 Å². The van der Waals surface area contributed by atoms with Crippen molar-refractivity contribution >= 4 is 17.6 Å². The highest BCUT2D eigenvalue weighted by molar-refractivity contribution is 6.30. The first-order chi connectivity index (χ1) is 9.01. The van der Waals surface area contributed by atoms with Crippen LogP contribution in [0.1, 0.15) is 15.9 Å². The number of halogens is 2. The van der Waals surface area contributed by atoms with Gasteiger partial charge in [0.15, 0.2) is 0 Å². The largest absolute Gasteiger partial charge is 0.465 e. The van der Waals surface area contributed by atoms with E-state index >= 15 is 0 Å². The number of hydrogen-bond acceptors (Lipinski definition) is 2. The third kappa shape index (κ3) is 2.93. The Kier molecular flexibility index (Phi) is 3.86. The van der Waals surface area contributed by atoms with Crippen LogP contribution in [0.3, 0.4) is 0 Å². The molecule has 2 aromatic carbocycles. The molecule has 4 heteroatoms. The van der Waals surface area contributed by atoms with Crippen LogP contribution in [0.25, 0.3) is 11.1 Å². The number of hydrogen-bond donors (Lipinski definition) is 0. The molecule has 0 heterocycles. The summed E-state index contributed by atoms with van der Waals surface area (Å²) in [5.41, 5.74) is 2.55. The third-order valence-corrected chi connectivity index (χ3v) is 3.05. The Labute approximate surface area is 115 Å². The standard InChI is InChI=1S/C15H12ClFO2/c1-9-5-12(16)3-4-14(9)10-6-11(15(18)19-2)8-13(17)7-10/h3-8H,1-2H3. The van der Waals surface area contributed by atoms with Gasteiger partial charge in [0.2, 0.25) is 0 Å². The van der Waals surface area contributed by atoms with Gasteiger partial charge in [-0.2, -0.15) is 0 Å². The molecule has 0 spiro atoms. The highest BCUT2D eigenvalue weighted by Gasteiger charge is 2.11. The lowest BCUT2D eigenvalue weighted by atomic mass is 9.99. The topological polar surface area (TPSA) is 26.3 Å². The van der Waals surface area contributed by atoms with Crippen LogP contribution in [0, 0.1) is 12.7 Å². The molecule has 0 bridgehead atoms. The van der Waals surface area contributed by atoms with E-state index in [0.717, 1.165) is 17.2 Å². The second kappa shape index (κ2) is 5.41. The fourth-order valence-corrected chi connectivity index (χ4v) is 2.16. The normalized spacial score (nSPS) is 10.3. The molecule has 0 radical (unpaired) electrons. The molecule has 98 valence electrons. The van der Waals surface area contributed by atoms with Crippen molar-refractivity contribution in [2.45, 2.75) is 6.92 Å². The molecular formula is C15H12ClFO2. The van der Waals surface area contributed by atoms with Crippen LogP contribution in [0.5, 0.6) is 0 Å². The summed E-state index contributed by atoms with van der Waals surface area (Å²) in [5, 5.41) is 0.617. The minimum Gasteiger partial charge on any atom is -0.465 e. The lowest BCUT2D eigenvalue weighted by Gasteiger charge is -2.08. The molecule has 2 nitrogen and oxygen atoms in total. The van der Waals surface area contributed by atoms with Gasteiger partial charge >= 0.3 is 5.97 Å². The molecule has 2 rings (SSSR count). The molecule has 19 heavy (non-hydrogen) atoms. The van der Waals surface area contributed by atoms with Crippen molar-refractivity contribution in [2.24, 2.45) is 0 Å². The van der Waals surface area contributed by atoms with Crippen molar-refractivity contribution in [1.82, 2.24) is 0 Å². The Morgan fingerprint density at radius 2 is 1.95 bits per heavy atom. The van der Waals surface area contributed by atoms with Crippen LogP contribution in [0.2, 0.25) is 5.02 Å². The van der Waals surface area contributed by atoms with Gasteiger partial charge in [-0.3, -0.25) is 0 Å². The van der Waals surface area contributed by atoms with Crippen LogP contribution >= 0.6 is 11.6 Å². The smallest absolute Gasteiger partial charge is 0.337 e. The van der Waals surface area contributed by atoms with Gasteiger partial charge in [0.25, 0.3) is 0 Å². The second-order valence-corrected chi connectivity index (χ2v) is 4.62. The predicted molar refractivity (Wildman–Crippen MR) is 72.9 cm³/mol. The summed E-state index contributed by atoms with van der Waals surface area (Å²) in [6, 6.07) is 9.45. The van der Waals surface area contributed by atoms with E-state index in [1.54, 1.807) is 24.3 Å². The number of aryl methyl sites for hydroxylation is 1. The van der Waals surface area contributed by atoms with E-state index in [4.69, 9.17) is 11.6 Å². The van der Waals surface area contributed by atoms with Crippen molar-refractivity contribution in [3.63, 3.8) is 0 Å². The Morgan fingerprint density at radius 1 is 1.21 bits per heavy atom. The molecule has 0 fully saturated rings. The second-order valence-electron chi connectivity index (χ2n) is 4.18. The minimum absolute atomic E-state index is 0.187. The van der Waals surface area contributed by atoms with Crippen molar-refractivity contribution in [2.75, 3.05) is 7.11 Å². The zero-order valence-electron chi connectivity index (χ0n) is 10.5. The number of esters is 1. The molecule has 0 aliphatic carbocycles. The maximum atomic E-state index is 13.6. The monoisotopic (exact) mass is 278 g/mol. The number of benzene rings is 2. The Morgan fingerprint density at radius 3 is 2.58 bits per heavy atom. The molecule has 0 amide bonds. The summed E-state index contributed by atoms with van der Waals surface area (Å²) in [6.45, 7) is 1.88. The first kappa shape index (κ1) is 13.6. The molecule has 0 saturated carbocycles. The molecule has 0 aliphatic heterocycles. The van der Waals surface area contributed by atoms with Gasteiger partial charge in [0.1, 0.15) is 5.82 Å². The van der Waals surface area contributed by atoms with Crippen molar-refractivity contribution < 1.29 is 13.9 Å². The fourth-order valence-electron chi connectivity index (χ4n) is 1.93. The Hall–Kier alpha value is -1.87. The highest BCUT2D eigenvalue weighted by Crippen LogP contribution is 2.27. The number of methoxy groups -OCH3 is 1. The molecule has 0 atom stereocenters. The van der Waals surface area contributed by atoms with Crippen LogP contribution < -0.4 is 0 Å². The molecule has 0 aliphatic rings. The van der Waals surface area contributed by atoms with Crippen molar-refractivity contribution in [3.05, 3.63) is 58.4 Å². The first-order valence-corrected chi connectivity index (χ1v) is 6.04. The van der Waals surface area contributed by atoms with Crippen molar-refractivity contribution in [1.29, 1.82) is 0 Å². The predicted octanol–water partition coefficient (Wildman–Crippen LogP) is 4.24. The molecule has 0 unspecified atom stereocenters. The van der Waals surface area contributed by atoms with E-state index in [1.165, 1.54) is 13.2 Å².